The molecular weight excluding hydrogens is 160 g/mol. The highest BCUT2D eigenvalue weighted by Crippen LogP contribution is 2.08. The zero-order valence-corrected chi connectivity index (χ0v) is 10.1. The third-order valence-electron chi connectivity index (χ3n) is 1.24. The summed E-state index contributed by atoms with van der Waals surface area (Å²) >= 11 is 0. The van der Waals surface area contributed by atoms with Gasteiger partial charge in [-0.25, -0.2) is 0 Å². The minimum absolute atomic E-state index is 0.623. The van der Waals surface area contributed by atoms with Crippen molar-refractivity contribution in [3.05, 3.63) is 24.3 Å². The van der Waals surface area contributed by atoms with E-state index in [1.165, 1.54) is 12.0 Å². The molecule has 1 nitrogen and oxygen atoms in total. The van der Waals surface area contributed by atoms with E-state index in [1.54, 1.807) is 0 Å². The predicted molar refractivity (Wildman–Crippen MR) is 62.9 cm³/mol. The molecule has 0 rings (SSSR count). The molecule has 1 N–H and O–H groups in total. The Hall–Kier alpha value is -0.560. The van der Waals surface area contributed by atoms with Gasteiger partial charge in [0.25, 0.3) is 0 Å². The van der Waals surface area contributed by atoms with E-state index < -0.39 is 0 Å². The van der Waals surface area contributed by atoms with Crippen LogP contribution in [0, 0.1) is 5.92 Å². The Labute approximate surface area is 84.2 Å². The lowest BCUT2D eigenvalue weighted by atomic mass is 10.0. The van der Waals surface area contributed by atoms with Crippen molar-refractivity contribution in [1.29, 1.82) is 0 Å². The van der Waals surface area contributed by atoms with Crippen LogP contribution in [-0.4, -0.2) is 12.2 Å². The van der Waals surface area contributed by atoms with Crippen molar-refractivity contribution in [3.8, 4) is 0 Å². The maximum atomic E-state index is 7.00. The molecule has 0 fully saturated rings. The van der Waals surface area contributed by atoms with Crippen molar-refractivity contribution >= 4 is 0 Å². The maximum Gasteiger partial charge on any atom is 0.0319 e. The smallest absolute Gasteiger partial charge is 0.0319 e. The first-order valence-electron chi connectivity index (χ1n) is 4.87. The molecule has 1 heteroatoms. The molecular formula is C12H26O. The van der Waals surface area contributed by atoms with Gasteiger partial charge in [0.1, 0.15) is 0 Å². The molecule has 80 valence electrons. The lowest BCUT2D eigenvalue weighted by Crippen LogP contribution is -1.87. The summed E-state index contributed by atoms with van der Waals surface area (Å²) in [6.45, 7) is 14.3. The largest absolute Gasteiger partial charge is 0.400 e. The van der Waals surface area contributed by atoms with Gasteiger partial charge in [-0.05, 0) is 12.8 Å². The SMILES string of the molecule is C=C/C(=C\C)C(C)C.CCC.CO. The molecule has 0 atom stereocenters. The van der Waals surface area contributed by atoms with Gasteiger partial charge >= 0.3 is 0 Å². The van der Waals surface area contributed by atoms with E-state index in [4.69, 9.17) is 5.11 Å². The van der Waals surface area contributed by atoms with Gasteiger partial charge in [-0.3, -0.25) is 0 Å². The molecule has 13 heavy (non-hydrogen) atoms. The fourth-order valence-corrected chi connectivity index (χ4v) is 0.687. The van der Waals surface area contributed by atoms with E-state index in [9.17, 15) is 0 Å². The Morgan fingerprint density at radius 2 is 1.62 bits per heavy atom. The van der Waals surface area contributed by atoms with Crippen molar-refractivity contribution < 1.29 is 5.11 Å². The van der Waals surface area contributed by atoms with Gasteiger partial charge in [0.15, 0.2) is 0 Å². The van der Waals surface area contributed by atoms with E-state index in [0.717, 1.165) is 7.11 Å². The van der Waals surface area contributed by atoms with Gasteiger partial charge < -0.3 is 5.11 Å². The molecule has 0 aliphatic rings. The van der Waals surface area contributed by atoms with Crippen LogP contribution < -0.4 is 0 Å². The molecule has 0 heterocycles. The van der Waals surface area contributed by atoms with Gasteiger partial charge in [-0.1, -0.05) is 58.4 Å². The molecule has 0 spiro atoms. The number of aliphatic hydroxyl groups is 1. The summed E-state index contributed by atoms with van der Waals surface area (Å²) in [5.41, 5.74) is 1.32. The molecule has 0 bridgehead atoms. The Morgan fingerprint density at radius 3 is 1.62 bits per heavy atom. The summed E-state index contributed by atoms with van der Waals surface area (Å²) < 4.78 is 0. The lowest BCUT2D eigenvalue weighted by Gasteiger charge is -2.02. The van der Waals surface area contributed by atoms with Crippen molar-refractivity contribution in [1.82, 2.24) is 0 Å². The lowest BCUT2D eigenvalue weighted by molar-refractivity contribution is 0.399. The molecule has 0 saturated carbocycles. The van der Waals surface area contributed by atoms with Gasteiger partial charge in [-0.2, -0.15) is 0 Å². The first-order valence-corrected chi connectivity index (χ1v) is 4.87. The predicted octanol–water partition coefficient (Wildman–Crippen LogP) is 3.80. The van der Waals surface area contributed by atoms with Crippen LogP contribution in [0.3, 0.4) is 0 Å². The molecule has 0 radical (unpaired) electrons. The molecule has 0 aliphatic carbocycles. The monoisotopic (exact) mass is 186 g/mol. The van der Waals surface area contributed by atoms with Crippen LogP contribution in [0.2, 0.25) is 0 Å². The number of allylic oxidation sites excluding steroid dienone is 3. The molecule has 0 unspecified atom stereocenters. The third kappa shape index (κ3) is 18.4. The van der Waals surface area contributed by atoms with Crippen molar-refractivity contribution in [2.24, 2.45) is 5.92 Å². The van der Waals surface area contributed by atoms with Gasteiger partial charge in [-0.15, -0.1) is 0 Å². The molecule has 0 aliphatic heterocycles. The van der Waals surface area contributed by atoms with E-state index >= 15 is 0 Å². The Morgan fingerprint density at radius 1 is 1.31 bits per heavy atom. The van der Waals surface area contributed by atoms with Crippen molar-refractivity contribution in [3.63, 3.8) is 0 Å². The van der Waals surface area contributed by atoms with E-state index in [-0.39, 0.29) is 0 Å². The Bertz CT molecular complexity index is 112. The van der Waals surface area contributed by atoms with Crippen LogP contribution in [0.25, 0.3) is 0 Å². The molecule has 0 aromatic heterocycles. The third-order valence-corrected chi connectivity index (χ3v) is 1.24. The summed E-state index contributed by atoms with van der Waals surface area (Å²) in [6, 6.07) is 0. The second-order valence-electron chi connectivity index (χ2n) is 2.85. The standard InChI is InChI=1S/C8H14.C3H8.CH4O/c1-5-8(6-2)7(3)4;1-3-2;1-2/h5-7H,1H2,2-4H3;3H2,1-2H3;2H,1H3/b8-6+;;. The van der Waals surface area contributed by atoms with E-state index in [2.05, 4.69) is 40.3 Å². The molecule has 0 saturated heterocycles. The molecule has 0 amide bonds. The zero-order valence-electron chi connectivity index (χ0n) is 10.1. The topological polar surface area (TPSA) is 20.2 Å². The normalized spacial score (nSPS) is 9.38. The number of aliphatic hydroxyl groups excluding tert-OH is 1. The summed E-state index contributed by atoms with van der Waals surface area (Å²) in [4.78, 5) is 0. The minimum atomic E-state index is 0.623. The van der Waals surface area contributed by atoms with Gasteiger partial charge in [0.05, 0.1) is 0 Å². The highest BCUT2D eigenvalue weighted by Gasteiger charge is 1.93. The van der Waals surface area contributed by atoms with E-state index in [0.29, 0.717) is 5.92 Å². The van der Waals surface area contributed by atoms with Crippen molar-refractivity contribution in [2.75, 3.05) is 7.11 Å². The number of hydrogen-bond acceptors (Lipinski definition) is 1. The second-order valence-corrected chi connectivity index (χ2v) is 2.85. The van der Waals surface area contributed by atoms with E-state index in [1.807, 2.05) is 13.0 Å². The van der Waals surface area contributed by atoms with Gasteiger partial charge in [0, 0.05) is 7.11 Å². The highest BCUT2D eigenvalue weighted by atomic mass is 16.2. The summed E-state index contributed by atoms with van der Waals surface area (Å²) in [6.07, 6.45) is 5.25. The van der Waals surface area contributed by atoms with Crippen LogP contribution in [0.4, 0.5) is 0 Å². The molecule has 0 aromatic carbocycles. The first kappa shape index (κ1) is 18.3. The zero-order chi connectivity index (χ0) is 11.3. The summed E-state index contributed by atoms with van der Waals surface area (Å²) in [5.74, 6) is 0.623. The summed E-state index contributed by atoms with van der Waals surface area (Å²) in [7, 11) is 1.00. The average molecular weight is 186 g/mol. The van der Waals surface area contributed by atoms with Crippen LogP contribution >= 0.6 is 0 Å². The second kappa shape index (κ2) is 17.5. The average Bonchev–Trinajstić information content (AvgIpc) is 2.11. The Kier molecular flexibility index (Phi) is 24.6. The van der Waals surface area contributed by atoms with Crippen molar-refractivity contribution in [2.45, 2.75) is 41.0 Å². The summed E-state index contributed by atoms with van der Waals surface area (Å²) in [5, 5.41) is 7.00. The highest BCUT2D eigenvalue weighted by molar-refractivity contribution is 5.16. The number of rotatable bonds is 2. The number of hydrogen-bond donors (Lipinski definition) is 1. The minimum Gasteiger partial charge on any atom is -0.400 e. The molecule has 0 aromatic rings. The maximum absolute atomic E-state index is 7.00. The van der Waals surface area contributed by atoms with Crippen LogP contribution in [0.15, 0.2) is 24.3 Å². The Balaban J connectivity index is -0.000000169. The first-order chi connectivity index (χ1) is 6.13. The van der Waals surface area contributed by atoms with Crippen LogP contribution in [-0.2, 0) is 0 Å². The van der Waals surface area contributed by atoms with Crippen LogP contribution in [0.5, 0.6) is 0 Å². The fourth-order valence-electron chi connectivity index (χ4n) is 0.687. The van der Waals surface area contributed by atoms with Gasteiger partial charge in [0.2, 0.25) is 0 Å². The fraction of sp³-hybridized carbons (Fsp3) is 0.667. The van der Waals surface area contributed by atoms with Crippen LogP contribution in [0.1, 0.15) is 41.0 Å². The quantitative estimate of drug-likeness (QED) is 0.650.